The lowest BCUT2D eigenvalue weighted by Gasteiger charge is -2.28. The molecule has 0 spiro atoms. The second-order valence-electron chi connectivity index (χ2n) is 7.00. The van der Waals surface area contributed by atoms with E-state index in [0.29, 0.717) is 0 Å². The Kier molecular flexibility index (Phi) is 7.80. The van der Waals surface area contributed by atoms with E-state index in [-0.39, 0.29) is 25.2 Å². The third kappa shape index (κ3) is 5.86. The third-order valence-electron chi connectivity index (χ3n) is 3.91. The summed E-state index contributed by atoms with van der Waals surface area (Å²) in [5.74, 6) is -1.98. The van der Waals surface area contributed by atoms with Gasteiger partial charge in [-0.15, -0.1) is 0 Å². The van der Waals surface area contributed by atoms with Crippen LogP contribution in [0.1, 0.15) is 52.7 Å². The topological polar surface area (TPSA) is 72.9 Å². The van der Waals surface area contributed by atoms with E-state index in [1.165, 1.54) is 11.8 Å². The van der Waals surface area contributed by atoms with E-state index in [9.17, 15) is 14.4 Å². The first kappa shape index (κ1) is 21.7. The minimum atomic E-state index is -1.41. The summed E-state index contributed by atoms with van der Waals surface area (Å²) >= 11 is 0. The van der Waals surface area contributed by atoms with Crippen LogP contribution in [-0.2, 0) is 35.8 Å². The number of ether oxygens (including phenoxy) is 2. The van der Waals surface area contributed by atoms with Gasteiger partial charge in [0.15, 0.2) is 0 Å². The summed E-state index contributed by atoms with van der Waals surface area (Å²) in [5, 5.41) is 0. The van der Waals surface area contributed by atoms with Crippen LogP contribution >= 0.6 is 0 Å². The number of nitrogens with zero attached hydrogens (tertiary/aromatic N) is 1. The molecular weight excluding hydrogens is 334 g/mol. The van der Waals surface area contributed by atoms with E-state index in [4.69, 9.17) is 9.47 Å². The number of benzene rings is 1. The monoisotopic (exact) mass is 363 g/mol. The molecule has 26 heavy (non-hydrogen) atoms. The van der Waals surface area contributed by atoms with Crippen LogP contribution in [0.15, 0.2) is 24.3 Å². The Bertz CT molecular complexity index is 613. The Labute approximate surface area is 155 Å². The van der Waals surface area contributed by atoms with Gasteiger partial charge in [-0.2, -0.15) is 0 Å². The van der Waals surface area contributed by atoms with Crippen LogP contribution < -0.4 is 0 Å². The fraction of sp³-hybridized carbons (Fsp3) is 0.550. The van der Waals surface area contributed by atoms with Crippen LogP contribution in [0.5, 0.6) is 0 Å². The number of rotatable bonds is 7. The van der Waals surface area contributed by atoms with Gasteiger partial charge >= 0.3 is 11.9 Å². The molecule has 0 unspecified atom stereocenters. The normalized spacial score (nSPS) is 11.2. The molecule has 6 heteroatoms. The molecule has 144 valence electrons. The lowest BCUT2D eigenvalue weighted by atomic mass is 9.87. The molecule has 0 aromatic heterocycles. The van der Waals surface area contributed by atoms with Gasteiger partial charge in [0, 0.05) is 13.5 Å². The number of esters is 2. The molecular formula is C20H29NO5. The van der Waals surface area contributed by atoms with Crippen molar-refractivity contribution in [3.63, 3.8) is 0 Å². The summed E-state index contributed by atoms with van der Waals surface area (Å²) in [7, 11) is 0. The summed E-state index contributed by atoms with van der Waals surface area (Å²) in [6, 6.07) is 6.34. The summed E-state index contributed by atoms with van der Waals surface area (Å²) in [5.41, 5.74) is 1.98. The zero-order valence-corrected chi connectivity index (χ0v) is 16.5. The van der Waals surface area contributed by atoms with Crippen molar-refractivity contribution in [2.45, 2.75) is 59.5 Å². The van der Waals surface area contributed by atoms with Gasteiger partial charge in [0.05, 0.1) is 13.2 Å². The highest BCUT2D eigenvalue weighted by molar-refractivity contribution is 6.02. The molecule has 6 nitrogen and oxygen atoms in total. The Morgan fingerprint density at radius 2 is 1.42 bits per heavy atom. The van der Waals surface area contributed by atoms with E-state index >= 15 is 0 Å². The van der Waals surface area contributed by atoms with E-state index in [0.717, 1.165) is 11.1 Å². The van der Waals surface area contributed by atoms with Crippen molar-refractivity contribution in [2.75, 3.05) is 13.2 Å². The number of amides is 1. The summed E-state index contributed by atoms with van der Waals surface area (Å²) in [6.45, 7) is 11.3. The molecule has 0 aliphatic carbocycles. The predicted molar refractivity (Wildman–Crippen MR) is 98.4 cm³/mol. The van der Waals surface area contributed by atoms with Crippen LogP contribution in [-0.4, -0.2) is 42.0 Å². The van der Waals surface area contributed by atoms with Gasteiger partial charge in [-0.3, -0.25) is 4.79 Å². The van der Waals surface area contributed by atoms with Crippen molar-refractivity contribution in [2.24, 2.45) is 0 Å². The highest BCUT2D eigenvalue weighted by Gasteiger charge is 2.37. The van der Waals surface area contributed by atoms with Gasteiger partial charge in [0.1, 0.15) is 0 Å². The van der Waals surface area contributed by atoms with Crippen LogP contribution in [0.25, 0.3) is 0 Å². The molecule has 0 aliphatic rings. The molecule has 0 aliphatic heterocycles. The van der Waals surface area contributed by atoms with E-state index in [1.54, 1.807) is 13.8 Å². The van der Waals surface area contributed by atoms with Crippen molar-refractivity contribution < 1.29 is 23.9 Å². The average molecular weight is 363 g/mol. The maximum Gasteiger partial charge on any atom is 0.340 e. The molecule has 0 atom stereocenters. The molecule has 0 N–H and O–H groups in total. The Morgan fingerprint density at radius 3 is 1.77 bits per heavy atom. The van der Waals surface area contributed by atoms with Crippen molar-refractivity contribution in [3.05, 3.63) is 35.4 Å². The molecule has 0 saturated carbocycles. The Balaban J connectivity index is 3.12. The lowest BCUT2D eigenvalue weighted by molar-refractivity contribution is -0.167. The molecule has 0 radical (unpaired) electrons. The SMILES string of the molecule is CCOC(=O)C(C(=O)OCC)N(Cc1ccc(C(C)(C)C)cc1)C(C)=O. The van der Waals surface area contributed by atoms with Crippen LogP contribution in [0.3, 0.4) is 0 Å². The molecule has 1 aromatic rings. The first-order chi connectivity index (χ1) is 12.1. The average Bonchev–Trinajstić information content (AvgIpc) is 2.54. The zero-order chi connectivity index (χ0) is 19.9. The summed E-state index contributed by atoms with van der Waals surface area (Å²) in [4.78, 5) is 37.9. The summed E-state index contributed by atoms with van der Waals surface area (Å²) in [6.07, 6.45) is 0. The molecule has 1 aromatic carbocycles. The predicted octanol–water partition coefficient (Wildman–Crippen LogP) is 2.83. The Morgan fingerprint density at radius 1 is 0.962 bits per heavy atom. The minimum Gasteiger partial charge on any atom is -0.464 e. The van der Waals surface area contributed by atoms with Crippen LogP contribution in [0.4, 0.5) is 0 Å². The molecule has 0 saturated heterocycles. The fourth-order valence-corrected chi connectivity index (χ4v) is 2.48. The van der Waals surface area contributed by atoms with Gasteiger partial charge in [0.2, 0.25) is 11.9 Å². The van der Waals surface area contributed by atoms with Crippen molar-refractivity contribution in [1.82, 2.24) is 4.90 Å². The fourth-order valence-electron chi connectivity index (χ4n) is 2.48. The van der Waals surface area contributed by atoms with E-state index in [2.05, 4.69) is 20.8 Å². The van der Waals surface area contributed by atoms with Gasteiger partial charge in [-0.25, -0.2) is 9.59 Å². The quantitative estimate of drug-likeness (QED) is 0.550. The molecule has 0 bridgehead atoms. The van der Waals surface area contributed by atoms with Crippen molar-refractivity contribution in [1.29, 1.82) is 0 Å². The first-order valence-corrected chi connectivity index (χ1v) is 8.81. The second-order valence-corrected chi connectivity index (χ2v) is 7.00. The third-order valence-corrected chi connectivity index (χ3v) is 3.91. The van der Waals surface area contributed by atoms with Crippen molar-refractivity contribution >= 4 is 17.8 Å². The van der Waals surface area contributed by atoms with Gasteiger partial charge in [-0.05, 0) is 30.4 Å². The number of carbonyl (C=O) groups excluding carboxylic acids is 3. The second kappa shape index (κ2) is 9.36. The van der Waals surface area contributed by atoms with Gasteiger partial charge in [0.25, 0.3) is 0 Å². The number of carbonyl (C=O) groups is 3. The van der Waals surface area contributed by atoms with E-state index in [1.807, 2.05) is 24.3 Å². The van der Waals surface area contributed by atoms with E-state index < -0.39 is 23.9 Å². The highest BCUT2D eigenvalue weighted by atomic mass is 16.6. The van der Waals surface area contributed by atoms with Crippen LogP contribution in [0.2, 0.25) is 0 Å². The number of hydrogen-bond acceptors (Lipinski definition) is 5. The first-order valence-electron chi connectivity index (χ1n) is 8.81. The molecule has 0 heterocycles. The minimum absolute atomic E-state index is 0.0111. The zero-order valence-electron chi connectivity index (χ0n) is 16.5. The highest BCUT2D eigenvalue weighted by Crippen LogP contribution is 2.23. The standard InChI is InChI=1S/C20H29NO5/c1-7-25-18(23)17(19(24)26-8-2)21(14(3)22)13-15-9-11-16(12-10-15)20(4,5)6/h9-12,17H,7-8,13H2,1-6H3. The van der Waals surface area contributed by atoms with Gasteiger partial charge in [-0.1, -0.05) is 45.0 Å². The largest absolute Gasteiger partial charge is 0.464 e. The van der Waals surface area contributed by atoms with Gasteiger partial charge < -0.3 is 14.4 Å². The number of hydrogen-bond donors (Lipinski definition) is 0. The molecule has 0 fully saturated rings. The maximum absolute atomic E-state index is 12.3. The maximum atomic E-state index is 12.3. The smallest absolute Gasteiger partial charge is 0.340 e. The molecule has 1 rings (SSSR count). The lowest BCUT2D eigenvalue weighted by Crippen LogP contribution is -2.50. The summed E-state index contributed by atoms with van der Waals surface area (Å²) < 4.78 is 9.94. The van der Waals surface area contributed by atoms with Crippen LogP contribution in [0, 0.1) is 0 Å². The Hall–Kier alpha value is -2.37. The van der Waals surface area contributed by atoms with Crippen molar-refractivity contribution in [3.8, 4) is 0 Å². The molecule has 1 amide bonds.